The lowest BCUT2D eigenvalue weighted by Gasteiger charge is -2.28. The third kappa shape index (κ3) is 5.29. The largest absolute Gasteiger partial charge is 0.411 e. The van der Waals surface area contributed by atoms with E-state index < -0.39 is 42.2 Å². The molecule has 0 bridgehead atoms. The van der Waals surface area contributed by atoms with E-state index in [-0.39, 0.29) is 33.8 Å². The molecule has 2 heterocycles. The molecule has 2 N–H and O–H groups in total. The van der Waals surface area contributed by atoms with Crippen molar-refractivity contribution < 1.29 is 35.9 Å². The molecule has 1 fully saturated rings. The third-order valence-electron chi connectivity index (χ3n) is 5.65. The fraction of sp³-hybridized carbons (Fsp3) is 0.364. The Morgan fingerprint density at radius 2 is 1.76 bits per heavy atom. The highest BCUT2D eigenvalue weighted by Crippen LogP contribution is 2.35. The monoisotopic (exact) mass is 471 g/mol. The number of ether oxygens (including phenoxy) is 1. The Morgan fingerprint density at radius 1 is 1.06 bits per heavy atom. The van der Waals surface area contributed by atoms with Crippen LogP contribution < -0.4 is 5.32 Å². The number of aromatic nitrogens is 2. The number of nitrogens with one attached hydrogen (secondary N) is 2. The molecule has 2 aromatic heterocycles. The summed E-state index contributed by atoms with van der Waals surface area (Å²) in [5.41, 5.74) is 0.537. The van der Waals surface area contributed by atoms with E-state index in [2.05, 4.69) is 15.3 Å². The average molecular weight is 471 g/mol. The molecule has 5 nitrogen and oxygen atoms in total. The maximum Gasteiger partial charge on any atom is 0.411 e. The number of benzene rings is 1. The lowest BCUT2D eigenvalue weighted by Crippen LogP contribution is -2.27. The van der Waals surface area contributed by atoms with Crippen LogP contribution in [0.15, 0.2) is 30.6 Å². The van der Waals surface area contributed by atoms with Gasteiger partial charge in [-0.25, -0.2) is 13.2 Å². The predicted octanol–water partition coefficient (Wildman–Crippen LogP) is 5.84. The van der Waals surface area contributed by atoms with Crippen LogP contribution in [0.5, 0.6) is 0 Å². The van der Waals surface area contributed by atoms with Crippen molar-refractivity contribution in [1.82, 2.24) is 9.97 Å². The van der Waals surface area contributed by atoms with Gasteiger partial charge < -0.3 is 15.0 Å². The topological polar surface area (TPSA) is 67.0 Å². The van der Waals surface area contributed by atoms with Crippen molar-refractivity contribution in [3.05, 3.63) is 59.3 Å². The highest BCUT2D eigenvalue weighted by atomic mass is 19.4. The highest BCUT2D eigenvalue weighted by molar-refractivity contribution is 6.08. The minimum Gasteiger partial charge on any atom is -0.369 e. The summed E-state index contributed by atoms with van der Waals surface area (Å²) in [6, 6.07) is 2.92. The van der Waals surface area contributed by atoms with Crippen molar-refractivity contribution in [1.29, 1.82) is 0 Å². The highest BCUT2D eigenvalue weighted by Gasteiger charge is 2.32. The van der Waals surface area contributed by atoms with Gasteiger partial charge in [0.25, 0.3) is 5.91 Å². The van der Waals surface area contributed by atoms with E-state index in [1.165, 1.54) is 12.4 Å². The van der Waals surface area contributed by atoms with Gasteiger partial charge in [-0.15, -0.1) is 0 Å². The smallest absolute Gasteiger partial charge is 0.369 e. The molecule has 4 rings (SSSR count). The second-order valence-corrected chi connectivity index (χ2v) is 7.96. The average Bonchev–Trinajstić information content (AvgIpc) is 3.13. The van der Waals surface area contributed by atoms with Gasteiger partial charge in [-0.2, -0.15) is 13.2 Å². The van der Waals surface area contributed by atoms with Gasteiger partial charge in [0, 0.05) is 29.8 Å². The molecule has 1 aliphatic carbocycles. The summed E-state index contributed by atoms with van der Waals surface area (Å²) in [6.45, 7) is -1.31. The normalized spacial score (nSPS) is 19.1. The molecule has 1 saturated carbocycles. The maximum atomic E-state index is 14.7. The Bertz CT molecular complexity index is 1170. The SMILES string of the molecule is O=C(Nc1c[nH]c2cc(F)c(F)cc12)c1cnc(C2CCC(OCC(F)(F)F)CC2)c(F)c1. The van der Waals surface area contributed by atoms with Gasteiger partial charge in [0.2, 0.25) is 0 Å². The van der Waals surface area contributed by atoms with Crippen LogP contribution in [-0.4, -0.2) is 34.8 Å². The minimum absolute atomic E-state index is 0.0737. The fourth-order valence-corrected chi connectivity index (χ4v) is 4.00. The molecule has 0 radical (unpaired) electrons. The van der Waals surface area contributed by atoms with Crippen molar-refractivity contribution in [2.75, 3.05) is 11.9 Å². The van der Waals surface area contributed by atoms with Gasteiger partial charge in [0.15, 0.2) is 11.6 Å². The molecule has 3 aromatic rings. The summed E-state index contributed by atoms with van der Waals surface area (Å²) in [6.07, 6.45) is -0.842. The number of fused-ring (bicyclic) bond motifs is 1. The Labute approximate surface area is 184 Å². The van der Waals surface area contributed by atoms with Crippen LogP contribution >= 0.6 is 0 Å². The number of hydrogen-bond donors (Lipinski definition) is 2. The first-order chi connectivity index (χ1) is 15.6. The molecule has 1 aromatic carbocycles. The molecule has 1 aliphatic rings. The number of nitrogens with zero attached hydrogens (tertiary/aromatic N) is 1. The second kappa shape index (κ2) is 9.05. The number of pyridine rings is 1. The lowest BCUT2D eigenvalue weighted by atomic mass is 9.84. The number of hydrogen-bond acceptors (Lipinski definition) is 3. The summed E-state index contributed by atoms with van der Waals surface area (Å²) in [4.78, 5) is 19.3. The first kappa shape index (κ1) is 23.1. The summed E-state index contributed by atoms with van der Waals surface area (Å²) < 4.78 is 83.3. The lowest BCUT2D eigenvalue weighted by molar-refractivity contribution is -0.188. The zero-order valence-corrected chi connectivity index (χ0v) is 17.1. The number of aromatic amines is 1. The predicted molar refractivity (Wildman–Crippen MR) is 107 cm³/mol. The van der Waals surface area contributed by atoms with E-state index >= 15 is 0 Å². The summed E-state index contributed by atoms with van der Waals surface area (Å²) in [5.74, 6) is -3.80. The molecule has 0 unspecified atom stereocenters. The molecular formula is C22H19F6N3O2. The van der Waals surface area contributed by atoms with E-state index in [0.29, 0.717) is 25.7 Å². The molecule has 0 aliphatic heterocycles. The molecular weight excluding hydrogens is 452 g/mol. The molecule has 11 heteroatoms. The first-order valence-electron chi connectivity index (χ1n) is 10.2. The van der Waals surface area contributed by atoms with Crippen LogP contribution in [-0.2, 0) is 4.74 Å². The number of halogens is 6. The molecule has 1 amide bonds. The molecule has 0 atom stereocenters. The number of carbonyl (C=O) groups is 1. The van der Waals surface area contributed by atoms with Gasteiger partial charge in [0.05, 0.1) is 28.6 Å². The zero-order chi connectivity index (χ0) is 23.8. The van der Waals surface area contributed by atoms with Crippen molar-refractivity contribution in [2.24, 2.45) is 0 Å². The quantitative estimate of drug-likeness (QED) is 0.460. The van der Waals surface area contributed by atoms with Crippen LogP contribution in [0, 0.1) is 17.5 Å². The van der Waals surface area contributed by atoms with E-state index in [1.807, 2.05) is 0 Å². The Hall–Kier alpha value is -3.08. The van der Waals surface area contributed by atoms with Crippen molar-refractivity contribution in [3.8, 4) is 0 Å². The number of alkyl halides is 3. The summed E-state index contributed by atoms with van der Waals surface area (Å²) in [7, 11) is 0. The number of amides is 1. The molecule has 0 spiro atoms. The van der Waals surface area contributed by atoms with Gasteiger partial charge >= 0.3 is 6.18 Å². The maximum absolute atomic E-state index is 14.7. The van der Waals surface area contributed by atoms with Gasteiger partial charge in [-0.1, -0.05) is 0 Å². The van der Waals surface area contributed by atoms with Gasteiger partial charge in [-0.3, -0.25) is 9.78 Å². The van der Waals surface area contributed by atoms with E-state index in [1.54, 1.807) is 0 Å². The Morgan fingerprint density at radius 3 is 2.42 bits per heavy atom. The molecule has 176 valence electrons. The number of anilines is 1. The Balaban J connectivity index is 1.41. The first-order valence-corrected chi connectivity index (χ1v) is 10.2. The van der Waals surface area contributed by atoms with Crippen molar-refractivity contribution in [2.45, 2.75) is 43.9 Å². The molecule has 33 heavy (non-hydrogen) atoms. The fourth-order valence-electron chi connectivity index (χ4n) is 4.00. The van der Waals surface area contributed by atoms with Crippen LogP contribution in [0.25, 0.3) is 10.9 Å². The Kier molecular flexibility index (Phi) is 6.33. The van der Waals surface area contributed by atoms with E-state index in [0.717, 1.165) is 18.2 Å². The zero-order valence-electron chi connectivity index (χ0n) is 17.1. The number of rotatable bonds is 5. The van der Waals surface area contributed by atoms with Gasteiger partial charge in [-0.05, 0) is 37.8 Å². The minimum atomic E-state index is -4.39. The number of carbonyl (C=O) groups excluding carboxylic acids is 1. The summed E-state index contributed by atoms with van der Waals surface area (Å²) in [5, 5.41) is 2.76. The van der Waals surface area contributed by atoms with E-state index in [4.69, 9.17) is 4.74 Å². The van der Waals surface area contributed by atoms with Crippen molar-refractivity contribution in [3.63, 3.8) is 0 Å². The van der Waals surface area contributed by atoms with Crippen LogP contribution in [0.4, 0.5) is 32.0 Å². The molecule has 0 saturated heterocycles. The second-order valence-electron chi connectivity index (χ2n) is 7.96. The van der Waals surface area contributed by atoms with Crippen molar-refractivity contribution >= 4 is 22.5 Å². The standard InChI is InChI=1S/C22H19F6N3O2/c23-15-6-14-18(7-16(15)24)29-9-19(14)31-21(32)12-5-17(25)20(30-8-12)11-1-3-13(4-2-11)33-10-22(26,27)28/h5-9,11,13,29H,1-4,10H2,(H,31,32). The summed E-state index contributed by atoms with van der Waals surface area (Å²) >= 11 is 0. The van der Waals surface area contributed by atoms with Crippen LogP contribution in [0.1, 0.15) is 47.7 Å². The van der Waals surface area contributed by atoms with Crippen LogP contribution in [0.2, 0.25) is 0 Å². The van der Waals surface area contributed by atoms with E-state index in [9.17, 15) is 31.1 Å². The van der Waals surface area contributed by atoms with Gasteiger partial charge in [0.1, 0.15) is 12.4 Å². The third-order valence-corrected chi connectivity index (χ3v) is 5.65. The number of H-pyrrole nitrogens is 1. The van der Waals surface area contributed by atoms with Crippen LogP contribution in [0.3, 0.4) is 0 Å².